The fourth-order valence-electron chi connectivity index (χ4n) is 1.44. The molecule has 1 heterocycles. The van der Waals surface area contributed by atoms with Crippen molar-refractivity contribution < 1.29 is 9.90 Å². The smallest absolute Gasteiger partial charge is 0.315 e. The highest BCUT2D eigenvalue weighted by Gasteiger charge is 2.22. The van der Waals surface area contributed by atoms with Crippen LogP contribution in [0.1, 0.15) is 11.6 Å². The molecule has 2 rings (SSSR count). The number of aromatic hydroxyl groups is 1. The Bertz CT molecular complexity index is 400. The monoisotopic (exact) mass is 334 g/mol. The largest absolute Gasteiger partial charge is 0.506 e. The standard InChI is InChI=1S/C9H8Br2N2O2/c10-5-1-4(2-6(11)8(5)14)7-3-12-9(15)13-7/h1-2,7,14H,3H2,(H2,12,13,15)/t7-/m1/s1. The predicted molar refractivity (Wildman–Crippen MR) is 62.8 cm³/mol. The maximum absolute atomic E-state index is 11.0. The van der Waals surface area contributed by atoms with Gasteiger partial charge in [-0.25, -0.2) is 4.79 Å². The molecule has 1 aromatic rings. The lowest BCUT2D eigenvalue weighted by atomic mass is 10.1. The molecule has 6 heteroatoms. The zero-order valence-corrected chi connectivity index (χ0v) is 10.7. The first kappa shape index (κ1) is 10.8. The van der Waals surface area contributed by atoms with E-state index in [1.54, 1.807) is 12.1 Å². The Morgan fingerprint density at radius 1 is 1.33 bits per heavy atom. The second kappa shape index (κ2) is 4.02. The van der Waals surface area contributed by atoms with Crippen LogP contribution in [0.25, 0.3) is 0 Å². The molecule has 0 aliphatic carbocycles. The molecule has 4 nitrogen and oxygen atoms in total. The Morgan fingerprint density at radius 2 is 1.93 bits per heavy atom. The van der Waals surface area contributed by atoms with E-state index < -0.39 is 0 Å². The number of nitrogens with one attached hydrogen (secondary N) is 2. The number of rotatable bonds is 1. The highest BCUT2D eigenvalue weighted by Crippen LogP contribution is 2.35. The first-order chi connectivity index (χ1) is 7.08. The number of phenolic OH excluding ortho intramolecular Hbond substituents is 1. The molecular weight excluding hydrogens is 328 g/mol. The molecule has 15 heavy (non-hydrogen) atoms. The molecule has 2 amide bonds. The molecule has 0 saturated carbocycles. The lowest BCUT2D eigenvalue weighted by Crippen LogP contribution is -2.21. The van der Waals surface area contributed by atoms with Crippen LogP contribution in [0.4, 0.5) is 4.79 Å². The summed E-state index contributed by atoms with van der Waals surface area (Å²) in [4.78, 5) is 11.0. The van der Waals surface area contributed by atoms with E-state index in [-0.39, 0.29) is 17.8 Å². The molecule has 80 valence electrons. The van der Waals surface area contributed by atoms with Gasteiger partial charge in [-0.1, -0.05) is 0 Å². The zero-order valence-electron chi connectivity index (χ0n) is 7.55. The van der Waals surface area contributed by atoms with Crippen LogP contribution in [0, 0.1) is 0 Å². The summed E-state index contributed by atoms with van der Waals surface area (Å²) in [6.45, 7) is 0.558. The summed E-state index contributed by atoms with van der Waals surface area (Å²) in [6, 6.07) is 3.36. The van der Waals surface area contributed by atoms with Crippen molar-refractivity contribution in [3.63, 3.8) is 0 Å². The zero-order chi connectivity index (χ0) is 11.0. The quantitative estimate of drug-likeness (QED) is 0.737. The van der Waals surface area contributed by atoms with Crippen molar-refractivity contribution in [2.75, 3.05) is 6.54 Å². The summed E-state index contributed by atoms with van der Waals surface area (Å²) >= 11 is 6.49. The predicted octanol–water partition coefficient (Wildman–Crippen LogP) is 2.27. The summed E-state index contributed by atoms with van der Waals surface area (Å²) in [5.41, 5.74) is 0.935. The van der Waals surface area contributed by atoms with E-state index in [4.69, 9.17) is 0 Å². The Labute approximate surface area is 103 Å². The van der Waals surface area contributed by atoms with Gasteiger partial charge in [-0.2, -0.15) is 0 Å². The van der Waals surface area contributed by atoms with Crippen molar-refractivity contribution in [3.05, 3.63) is 26.6 Å². The molecule has 1 saturated heterocycles. The Morgan fingerprint density at radius 3 is 2.40 bits per heavy atom. The van der Waals surface area contributed by atoms with Crippen LogP contribution in [0.3, 0.4) is 0 Å². The summed E-state index contributed by atoms with van der Waals surface area (Å²) in [5.74, 6) is 0.163. The second-order valence-electron chi connectivity index (χ2n) is 3.24. The van der Waals surface area contributed by atoms with Gasteiger partial charge >= 0.3 is 6.03 Å². The van der Waals surface area contributed by atoms with Gasteiger partial charge in [-0.3, -0.25) is 0 Å². The third-order valence-corrected chi connectivity index (χ3v) is 3.42. The molecule has 3 N–H and O–H groups in total. The molecule has 1 aromatic carbocycles. The fraction of sp³-hybridized carbons (Fsp3) is 0.222. The van der Waals surface area contributed by atoms with E-state index in [9.17, 15) is 9.90 Å². The molecule has 1 fully saturated rings. The molecule has 0 bridgehead atoms. The number of hydrogen-bond acceptors (Lipinski definition) is 2. The number of urea groups is 1. The first-order valence-corrected chi connectivity index (χ1v) is 5.89. The number of amides is 2. The minimum atomic E-state index is -0.166. The van der Waals surface area contributed by atoms with E-state index in [1.807, 2.05) is 0 Å². The van der Waals surface area contributed by atoms with Crippen LogP contribution in [-0.4, -0.2) is 17.7 Å². The third kappa shape index (κ3) is 2.10. The number of carbonyl (C=O) groups excluding carboxylic acids is 1. The van der Waals surface area contributed by atoms with E-state index >= 15 is 0 Å². The first-order valence-electron chi connectivity index (χ1n) is 4.30. The van der Waals surface area contributed by atoms with Gasteiger partial charge in [-0.15, -0.1) is 0 Å². The Balaban J connectivity index is 2.33. The van der Waals surface area contributed by atoms with Gasteiger partial charge in [-0.05, 0) is 49.6 Å². The van der Waals surface area contributed by atoms with E-state index in [0.717, 1.165) is 5.56 Å². The summed E-state index contributed by atoms with van der Waals surface area (Å²) in [7, 11) is 0. The van der Waals surface area contributed by atoms with E-state index in [0.29, 0.717) is 15.5 Å². The van der Waals surface area contributed by atoms with Crippen molar-refractivity contribution >= 4 is 37.9 Å². The van der Waals surface area contributed by atoms with Crippen LogP contribution in [0.2, 0.25) is 0 Å². The minimum absolute atomic E-state index is 0.0503. The number of carbonyl (C=O) groups is 1. The molecule has 1 aliphatic heterocycles. The van der Waals surface area contributed by atoms with E-state index in [1.165, 1.54) is 0 Å². The van der Waals surface area contributed by atoms with Gasteiger partial charge in [0.2, 0.25) is 0 Å². The molecule has 1 aliphatic rings. The number of benzene rings is 1. The van der Waals surface area contributed by atoms with Crippen molar-refractivity contribution in [1.29, 1.82) is 0 Å². The second-order valence-corrected chi connectivity index (χ2v) is 4.95. The highest BCUT2D eigenvalue weighted by molar-refractivity contribution is 9.11. The van der Waals surface area contributed by atoms with E-state index in [2.05, 4.69) is 42.5 Å². The Hall–Kier alpha value is -0.750. The van der Waals surface area contributed by atoms with Crippen LogP contribution < -0.4 is 10.6 Å². The lowest BCUT2D eigenvalue weighted by molar-refractivity contribution is 0.247. The fourth-order valence-corrected chi connectivity index (χ4v) is 2.66. The molecule has 0 aromatic heterocycles. The molecule has 0 unspecified atom stereocenters. The normalized spacial score (nSPS) is 19.9. The van der Waals surface area contributed by atoms with Gasteiger partial charge in [0.15, 0.2) is 0 Å². The number of phenols is 1. The summed E-state index contributed by atoms with van der Waals surface area (Å²) < 4.78 is 1.21. The van der Waals surface area contributed by atoms with Crippen LogP contribution in [0.15, 0.2) is 21.1 Å². The van der Waals surface area contributed by atoms with Gasteiger partial charge in [0.25, 0.3) is 0 Å². The van der Waals surface area contributed by atoms with Gasteiger partial charge in [0.05, 0.1) is 15.0 Å². The lowest BCUT2D eigenvalue weighted by Gasteiger charge is -2.11. The molecular formula is C9H8Br2N2O2. The highest BCUT2D eigenvalue weighted by atomic mass is 79.9. The molecule has 0 radical (unpaired) electrons. The summed E-state index contributed by atoms with van der Waals surface area (Å²) in [5, 5.41) is 15.0. The number of halogens is 2. The number of hydrogen-bond donors (Lipinski definition) is 3. The van der Waals surface area contributed by atoms with Gasteiger partial charge in [0.1, 0.15) is 5.75 Å². The van der Waals surface area contributed by atoms with Crippen molar-refractivity contribution in [2.24, 2.45) is 0 Å². The van der Waals surface area contributed by atoms with Crippen LogP contribution in [0.5, 0.6) is 5.75 Å². The summed E-state index contributed by atoms with van der Waals surface area (Å²) in [6.07, 6.45) is 0. The molecule has 0 spiro atoms. The van der Waals surface area contributed by atoms with Gasteiger partial charge in [0, 0.05) is 6.54 Å². The van der Waals surface area contributed by atoms with Crippen molar-refractivity contribution in [3.8, 4) is 5.75 Å². The van der Waals surface area contributed by atoms with Crippen molar-refractivity contribution in [1.82, 2.24) is 10.6 Å². The van der Waals surface area contributed by atoms with Crippen LogP contribution in [-0.2, 0) is 0 Å². The average molecular weight is 336 g/mol. The van der Waals surface area contributed by atoms with Gasteiger partial charge < -0.3 is 15.7 Å². The topological polar surface area (TPSA) is 61.4 Å². The maximum Gasteiger partial charge on any atom is 0.315 e. The maximum atomic E-state index is 11.0. The Kier molecular flexibility index (Phi) is 2.88. The molecule has 1 atom stereocenters. The third-order valence-electron chi connectivity index (χ3n) is 2.21. The van der Waals surface area contributed by atoms with Crippen LogP contribution >= 0.6 is 31.9 Å². The minimum Gasteiger partial charge on any atom is -0.506 e. The van der Waals surface area contributed by atoms with Crippen molar-refractivity contribution in [2.45, 2.75) is 6.04 Å². The average Bonchev–Trinajstić information content (AvgIpc) is 2.60. The SMILES string of the molecule is O=C1NC[C@H](c2cc(Br)c(O)c(Br)c2)N1.